The second-order valence-corrected chi connectivity index (χ2v) is 7.41. The van der Waals surface area contributed by atoms with Crippen LogP contribution < -0.4 is 0 Å². The summed E-state index contributed by atoms with van der Waals surface area (Å²) in [5.74, 6) is 0.375. The van der Waals surface area contributed by atoms with Crippen molar-refractivity contribution in [2.24, 2.45) is 16.7 Å². The van der Waals surface area contributed by atoms with Gasteiger partial charge in [0.2, 0.25) is 0 Å². The standard InChI is InChI=1S/C20H22O3/c1-13(21)23-15-11-19(2,3)18-17(22)10-16(20(18,4)12-15)14-8-6-5-7-9-14/h5-10,12,18H,11H2,1-4H3/t18-,20-/m0/s1. The highest BCUT2D eigenvalue weighted by Crippen LogP contribution is 2.59. The lowest BCUT2D eigenvalue weighted by molar-refractivity contribution is -0.138. The second-order valence-electron chi connectivity index (χ2n) is 7.41. The van der Waals surface area contributed by atoms with Gasteiger partial charge in [0.15, 0.2) is 5.78 Å². The molecule has 23 heavy (non-hydrogen) atoms. The van der Waals surface area contributed by atoms with E-state index in [1.165, 1.54) is 6.92 Å². The van der Waals surface area contributed by atoms with Gasteiger partial charge in [-0.25, -0.2) is 0 Å². The zero-order valence-electron chi connectivity index (χ0n) is 14.1. The minimum atomic E-state index is -0.453. The van der Waals surface area contributed by atoms with Gasteiger partial charge in [-0.15, -0.1) is 0 Å². The van der Waals surface area contributed by atoms with E-state index in [2.05, 4.69) is 20.8 Å². The molecule has 1 aromatic carbocycles. The van der Waals surface area contributed by atoms with E-state index in [0.29, 0.717) is 12.2 Å². The van der Waals surface area contributed by atoms with Gasteiger partial charge < -0.3 is 4.74 Å². The molecule has 0 amide bonds. The molecule has 3 rings (SSSR count). The van der Waals surface area contributed by atoms with Gasteiger partial charge in [0.05, 0.1) is 0 Å². The molecule has 0 aromatic heterocycles. The third-order valence-electron chi connectivity index (χ3n) is 4.98. The molecule has 0 radical (unpaired) electrons. The van der Waals surface area contributed by atoms with E-state index in [1.54, 1.807) is 6.08 Å². The maximum atomic E-state index is 12.7. The fraction of sp³-hybridized carbons (Fsp3) is 0.400. The van der Waals surface area contributed by atoms with E-state index in [1.807, 2.05) is 36.4 Å². The molecule has 0 N–H and O–H groups in total. The fourth-order valence-corrected chi connectivity index (χ4v) is 4.39. The van der Waals surface area contributed by atoms with Crippen LogP contribution in [0.1, 0.15) is 39.7 Å². The molecule has 0 bridgehead atoms. The molecular weight excluding hydrogens is 288 g/mol. The van der Waals surface area contributed by atoms with E-state index in [0.717, 1.165) is 11.1 Å². The first-order valence-electron chi connectivity index (χ1n) is 7.96. The van der Waals surface area contributed by atoms with Gasteiger partial charge >= 0.3 is 5.97 Å². The quantitative estimate of drug-likeness (QED) is 0.771. The minimum absolute atomic E-state index is 0.135. The molecular formula is C20H22O3. The van der Waals surface area contributed by atoms with Gasteiger partial charge in [0.25, 0.3) is 0 Å². The SMILES string of the molecule is CC(=O)OC1=C[C@@]2(C)C(c3ccccc3)=CC(=O)[C@H]2C(C)(C)C1. The lowest BCUT2D eigenvalue weighted by Crippen LogP contribution is -2.42. The number of allylic oxidation sites excluding steroid dienone is 4. The predicted molar refractivity (Wildman–Crippen MR) is 89.3 cm³/mol. The van der Waals surface area contributed by atoms with Gasteiger partial charge in [0, 0.05) is 24.7 Å². The number of fused-ring (bicyclic) bond motifs is 1. The predicted octanol–water partition coefficient (Wildman–Crippen LogP) is 4.15. The van der Waals surface area contributed by atoms with Crippen LogP contribution in [0.25, 0.3) is 5.57 Å². The number of hydrogen-bond acceptors (Lipinski definition) is 3. The second kappa shape index (κ2) is 5.19. The Labute approximate surface area is 137 Å². The minimum Gasteiger partial charge on any atom is -0.432 e. The summed E-state index contributed by atoms with van der Waals surface area (Å²) in [6.45, 7) is 7.64. The zero-order chi connectivity index (χ0) is 16.8. The molecule has 0 unspecified atom stereocenters. The van der Waals surface area contributed by atoms with Gasteiger partial charge in [-0.1, -0.05) is 51.1 Å². The summed E-state index contributed by atoms with van der Waals surface area (Å²) < 4.78 is 5.40. The van der Waals surface area contributed by atoms with Crippen molar-refractivity contribution in [1.82, 2.24) is 0 Å². The van der Waals surface area contributed by atoms with Crippen LogP contribution in [-0.2, 0) is 14.3 Å². The average Bonchev–Trinajstić information content (AvgIpc) is 2.70. The van der Waals surface area contributed by atoms with Crippen molar-refractivity contribution >= 4 is 17.3 Å². The van der Waals surface area contributed by atoms with Crippen molar-refractivity contribution in [3.63, 3.8) is 0 Å². The molecule has 0 saturated carbocycles. The van der Waals surface area contributed by atoms with Crippen molar-refractivity contribution in [3.05, 3.63) is 53.8 Å². The summed E-state index contributed by atoms with van der Waals surface area (Å²) in [6.07, 6.45) is 4.34. The van der Waals surface area contributed by atoms with Crippen molar-refractivity contribution in [2.75, 3.05) is 0 Å². The average molecular weight is 310 g/mol. The molecule has 0 heterocycles. The van der Waals surface area contributed by atoms with Crippen LogP contribution in [-0.4, -0.2) is 11.8 Å². The van der Waals surface area contributed by atoms with Gasteiger partial charge in [0.1, 0.15) is 5.76 Å². The highest BCUT2D eigenvalue weighted by molar-refractivity contribution is 6.07. The Bertz CT molecular complexity index is 725. The topological polar surface area (TPSA) is 43.4 Å². The lowest BCUT2D eigenvalue weighted by Gasteiger charge is -2.45. The number of benzene rings is 1. The fourth-order valence-electron chi connectivity index (χ4n) is 4.39. The molecule has 0 fully saturated rings. The first kappa shape index (κ1) is 15.7. The molecule has 0 saturated heterocycles. The maximum absolute atomic E-state index is 12.7. The lowest BCUT2D eigenvalue weighted by atomic mass is 9.58. The smallest absolute Gasteiger partial charge is 0.307 e. The number of hydrogen-bond donors (Lipinski definition) is 0. The summed E-state index contributed by atoms with van der Waals surface area (Å²) in [7, 11) is 0. The summed E-state index contributed by atoms with van der Waals surface area (Å²) in [4.78, 5) is 24.1. The zero-order valence-corrected chi connectivity index (χ0v) is 14.1. The number of rotatable bonds is 2. The monoisotopic (exact) mass is 310 g/mol. The Morgan fingerprint density at radius 1 is 1.17 bits per heavy atom. The van der Waals surface area contributed by atoms with Crippen LogP contribution in [0, 0.1) is 16.7 Å². The molecule has 1 aromatic rings. The van der Waals surface area contributed by atoms with Crippen molar-refractivity contribution in [3.8, 4) is 0 Å². The number of esters is 1. The maximum Gasteiger partial charge on any atom is 0.307 e. The van der Waals surface area contributed by atoms with Crippen LogP contribution in [0.3, 0.4) is 0 Å². The Morgan fingerprint density at radius 3 is 2.43 bits per heavy atom. The summed E-state index contributed by atoms with van der Waals surface area (Å²) in [5, 5.41) is 0. The van der Waals surface area contributed by atoms with Gasteiger partial charge in [-0.2, -0.15) is 0 Å². The molecule has 3 heteroatoms. The van der Waals surface area contributed by atoms with Crippen LogP contribution in [0.15, 0.2) is 48.2 Å². The normalized spacial score (nSPS) is 28.7. The van der Waals surface area contributed by atoms with Gasteiger partial charge in [-0.05, 0) is 28.7 Å². The van der Waals surface area contributed by atoms with E-state index in [-0.39, 0.29) is 23.1 Å². The number of carbonyl (C=O) groups excluding carboxylic acids is 2. The van der Waals surface area contributed by atoms with E-state index >= 15 is 0 Å². The molecule has 2 atom stereocenters. The van der Waals surface area contributed by atoms with Crippen LogP contribution in [0.5, 0.6) is 0 Å². The largest absolute Gasteiger partial charge is 0.432 e. The number of ketones is 1. The van der Waals surface area contributed by atoms with Crippen molar-refractivity contribution in [1.29, 1.82) is 0 Å². The van der Waals surface area contributed by atoms with Crippen molar-refractivity contribution < 1.29 is 14.3 Å². The number of ether oxygens (including phenoxy) is 1. The third-order valence-corrected chi connectivity index (χ3v) is 4.98. The van der Waals surface area contributed by atoms with E-state index < -0.39 is 5.41 Å². The van der Waals surface area contributed by atoms with E-state index in [9.17, 15) is 9.59 Å². The van der Waals surface area contributed by atoms with Crippen LogP contribution in [0.2, 0.25) is 0 Å². The summed E-state index contributed by atoms with van der Waals surface area (Å²) >= 11 is 0. The molecule has 120 valence electrons. The highest BCUT2D eigenvalue weighted by Gasteiger charge is 2.55. The highest BCUT2D eigenvalue weighted by atomic mass is 16.5. The Morgan fingerprint density at radius 2 is 1.83 bits per heavy atom. The molecule has 2 aliphatic carbocycles. The van der Waals surface area contributed by atoms with Gasteiger partial charge in [-0.3, -0.25) is 9.59 Å². The Balaban J connectivity index is 2.13. The Kier molecular flexibility index (Phi) is 3.55. The van der Waals surface area contributed by atoms with E-state index in [4.69, 9.17) is 4.74 Å². The molecule has 0 aliphatic heterocycles. The molecule has 0 spiro atoms. The first-order chi connectivity index (χ1) is 10.7. The number of carbonyl (C=O) groups is 2. The first-order valence-corrected chi connectivity index (χ1v) is 7.96. The summed E-state index contributed by atoms with van der Waals surface area (Å²) in [6, 6.07) is 9.96. The Hall–Kier alpha value is -2.16. The van der Waals surface area contributed by atoms with Crippen LogP contribution >= 0.6 is 0 Å². The van der Waals surface area contributed by atoms with Crippen LogP contribution in [0.4, 0.5) is 0 Å². The third kappa shape index (κ3) is 2.54. The molecule has 3 nitrogen and oxygen atoms in total. The summed E-state index contributed by atoms with van der Waals surface area (Å²) in [5.41, 5.74) is 1.33. The molecule has 2 aliphatic rings. The van der Waals surface area contributed by atoms with Crippen molar-refractivity contribution in [2.45, 2.75) is 34.1 Å².